The molecule has 12 heavy (non-hydrogen) atoms. The lowest BCUT2D eigenvalue weighted by molar-refractivity contribution is -0.149. The first-order chi connectivity index (χ1) is 5.56. The van der Waals surface area contributed by atoms with Crippen molar-refractivity contribution in [1.82, 2.24) is 0 Å². The van der Waals surface area contributed by atoms with Crippen molar-refractivity contribution in [2.75, 3.05) is 13.7 Å². The molecule has 0 aromatic rings. The van der Waals surface area contributed by atoms with Crippen molar-refractivity contribution in [3.05, 3.63) is 0 Å². The van der Waals surface area contributed by atoms with E-state index < -0.39 is 30.7 Å². The van der Waals surface area contributed by atoms with Crippen LogP contribution in [0.2, 0.25) is 0 Å². The topological polar surface area (TPSA) is 79.2 Å². The van der Waals surface area contributed by atoms with Gasteiger partial charge in [0, 0.05) is 7.11 Å². The summed E-state index contributed by atoms with van der Waals surface area (Å²) in [5.74, 6) is 0. The normalized spacial score (nSPS) is 48.2. The standard InChI is InChI=1S/C7H14O5/c1-4-7(10,3-8)5(9)6(11-2)12-4/h4-6,8-10H,3H2,1-2H3/t4-,5-,6+,7+/m0/s1. The monoisotopic (exact) mass is 178 g/mol. The Morgan fingerprint density at radius 1 is 1.58 bits per heavy atom. The van der Waals surface area contributed by atoms with Gasteiger partial charge in [-0.05, 0) is 6.92 Å². The molecule has 0 saturated carbocycles. The fraction of sp³-hybridized carbons (Fsp3) is 1.00. The van der Waals surface area contributed by atoms with E-state index in [1.165, 1.54) is 7.11 Å². The van der Waals surface area contributed by atoms with E-state index in [1.807, 2.05) is 0 Å². The Hall–Kier alpha value is -0.200. The highest BCUT2D eigenvalue weighted by Crippen LogP contribution is 2.30. The molecule has 5 heteroatoms. The van der Waals surface area contributed by atoms with Crippen LogP contribution < -0.4 is 0 Å². The molecule has 0 radical (unpaired) electrons. The van der Waals surface area contributed by atoms with Gasteiger partial charge in [0.05, 0.1) is 12.7 Å². The maximum Gasteiger partial charge on any atom is 0.186 e. The fourth-order valence-electron chi connectivity index (χ4n) is 1.28. The summed E-state index contributed by atoms with van der Waals surface area (Å²) in [6.07, 6.45) is -2.71. The molecular formula is C7H14O5. The Labute approximate surface area is 70.5 Å². The van der Waals surface area contributed by atoms with Gasteiger partial charge in [-0.3, -0.25) is 0 Å². The maximum absolute atomic E-state index is 9.63. The number of aliphatic hydroxyl groups excluding tert-OH is 2. The van der Waals surface area contributed by atoms with Gasteiger partial charge in [0.2, 0.25) is 0 Å². The summed E-state index contributed by atoms with van der Waals surface area (Å²) in [5.41, 5.74) is -1.61. The SMILES string of the molecule is CO[C@@H]1O[C@@H](C)[C@](O)(CO)[C@H]1O. The molecular weight excluding hydrogens is 164 g/mol. The molecule has 1 rings (SSSR count). The highest BCUT2D eigenvalue weighted by Gasteiger charge is 2.53. The van der Waals surface area contributed by atoms with Crippen LogP contribution in [0.1, 0.15) is 6.92 Å². The lowest BCUT2D eigenvalue weighted by Crippen LogP contribution is -2.50. The summed E-state index contributed by atoms with van der Waals surface area (Å²) in [4.78, 5) is 0. The second-order valence-corrected chi connectivity index (χ2v) is 2.98. The Morgan fingerprint density at radius 2 is 2.17 bits per heavy atom. The van der Waals surface area contributed by atoms with Crippen molar-refractivity contribution in [2.24, 2.45) is 0 Å². The second kappa shape index (κ2) is 3.27. The van der Waals surface area contributed by atoms with Crippen LogP contribution in [0, 0.1) is 0 Å². The first-order valence-corrected chi connectivity index (χ1v) is 3.75. The molecule has 1 aliphatic heterocycles. The molecule has 4 atom stereocenters. The first kappa shape index (κ1) is 9.88. The van der Waals surface area contributed by atoms with Crippen molar-refractivity contribution in [1.29, 1.82) is 0 Å². The summed E-state index contributed by atoms with van der Waals surface area (Å²) >= 11 is 0. The average molecular weight is 178 g/mol. The zero-order valence-corrected chi connectivity index (χ0v) is 7.10. The van der Waals surface area contributed by atoms with E-state index in [-0.39, 0.29) is 0 Å². The third kappa shape index (κ3) is 1.23. The van der Waals surface area contributed by atoms with E-state index in [1.54, 1.807) is 6.92 Å². The number of hydrogen-bond acceptors (Lipinski definition) is 5. The van der Waals surface area contributed by atoms with Gasteiger partial charge in [0.25, 0.3) is 0 Å². The van der Waals surface area contributed by atoms with Crippen LogP contribution in [-0.2, 0) is 9.47 Å². The van der Waals surface area contributed by atoms with Gasteiger partial charge < -0.3 is 24.8 Å². The van der Waals surface area contributed by atoms with Crippen LogP contribution in [0.25, 0.3) is 0 Å². The van der Waals surface area contributed by atoms with Gasteiger partial charge in [-0.25, -0.2) is 0 Å². The fourth-order valence-corrected chi connectivity index (χ4v) is 1.28. The molecule has 0 bridgehead atoms. The van der Waals surface area contributed by atoms with E-state index in [0.717, 1.165) is 0 Å². The molecule has 0 aromatic heterocycles. The minimum Gasteiger partial charge on any atom is -0.393 e. The zero-order chi connectivity index (χ0) is 9.35. The van der Waals surface area contributed by atoms with Crippen LogP contribution in [0.15, 0.2) is 0 Å². The van der Waals surface area contributed by atoms with E-state index in [4.69, 9.17) is 14.6 Å². The molecule has 1 heterocycles. The zero-order valence-electron chi connectivity index (χ0n) is 7.10. The Kier molecular flexibility index (Phi) is 2.70. The molecule has 72 valence electrons. The minimum absolute atomic E-state index is 0.546. The van der Waals surface area contributed by atoms with Crippen LogP contribution in [-0.4, -0.2) is 53.1 Å². The van der Waals surface area contributed by atoms with Crippen LogP contribution in [0.4, 0.5) is 0 Å². The number of methoxy groups -OCH3 is 1. The molecule has 5 nitrogen and oxygen atoms in total. The maximum atomic E-state index is 9.63. The molecule has 0 spiro atoms. The minimum atomic E-state index is -1.61. The van der Waals surface area contributed by atoms with Gasteiger partial charge in [-0.2, -0.15) is 0 Å². The van der Waals surface area contributed by atoms with Gasteiger partial charge >= 0.3 is 0 Å². The van der Waals surface area contributed by atoms with E-state index in [0.29, 0.717) is 0 Å². The summed E-state index contributed by atoms with van der Waals surface area (Å²) in [7, 11) is 1.36. The Balaban J connectivity index is 2.76. The van der Waals surface area contributed by atoms with Crippen LogP contribution >= 0.6 is 0 Å². The Morgan fingerprint density at radius 3 is 2.42 bits per heavy atom. The smallest absolute Gasteiger partial charge is 0.186 e. The van der Waals surface area contributed by atoms with Crippen LogP contribution in [0.3, 0.4) is 0 Å². The van der Waals surface area contributed by atoms with Crippen molar-refractivity contribution >= 4 is 0 Å². The number of hydrogen-bond donors (Lipinski definition) is 3. The molecule has 0 unspecified atom stereocenters. The van der Waals surface area contributed by atoms with Gasteiger partial charge in [0.15, 0.2) is 6.29 Å². The third-order valence-electron chi connectivity index (χ3n) is 2.30. The van der Waals surface area contributed by atoms with Crippen molar-refractivity contribution in [3.63, 3.8) is 0 Å². The second-order valence-electron chi connectivity index (χ2n) is 2.98. The quantitative estimate of drug-likeness (QED) is 0.477. The van der Waals surface area contributed by atoms with Crippen molar-refractivity contribution < 1.29 is 24.8 Å². The molecule has 0 amide bonds. The third-order valence-corrected chi connectivity index (χ3v) is 2.30. The summed E-state index contributed by atoms with van der Waals surface area (Å²) in [6.45, 7) is 1.02. The molecule has 0 aromatic carbocycles. The number of rotatable bonds is 2. The average Bonchev–Trinajstić information content (AvgIpc) is 2.30. The summed E-state index contributed by atoms with van der Waals surface area (Å²) in [5, 5.41) is 27.9. The highest BCUT2D eigenvalue weighted by molar-refractivity contribution is 4.98. The lowest BCUT2D eigenvalue weighted by atomic mass is 9.95. The van der Waals surface area contributed by atoms with Gasteiger partial charge in [0.1, 0.15) is 11.7 Å². The molecule has 0 aliphatic carbocycles. The Bertz CT molecular complexity index is 162. The van der Waals surface area contributed by atoms with Crippen molar-refractivity contribution in [3.8, 4) is 0 Å². The largest absolute Gasteiger partial charge is 0.393 e. The van der Waals surface area contributed by atoms with Gasteiger partial charge in [-0.1, -0.05) is 0 Å². The number of aliphatic hydroxyl groups is 3. The van der Waals surface area contributed by atoms with Crippen LogP contribution in [0.5, 0.6) is 0 Å². The molecule has 3 N–H and O–H groups in total. The van der Waals surface area contributed by atoms with E-state index in [2.05, 4.69) is 0 Å². The van der Waals surface area contributed by atoms with E-state index >= 15 is 0 Å². The van der Waals surface area contributed by atoms with E-state index in [9.17, 15) is 10.2 Å². The predicted molar refractivity (Wildman–Crippen MR) is 39.4 cm³/mol. The highest BCUT2D eigenvalue weighted by atomic mass is 16.7. The number of ether oxygens (including phenoxy) is 2. The molecule has 1 aliphatic rings. The molecule has 1 fully saturated rings. The summed E-state index contributed by atoms with van der Waals surface area (Å²) in [6, 6.07) is 0. The van der Waals surface area contributed by atoms with Crippen molar-refractivity contribution in [2.45, 2.75) is 31.0 Å². The first-order valence-electron chi connectivity index (χ1n) is 3.75. The molecule has 1 saturated heterocycles. The lowest BCUT2D eigenvalue weighted by Gasteiger charge is -2.26. The summed E-state index contributed by atoms with van der Waals surface area (Å²) < 4.78 is 9.79. The van der Waals surface area contributed by atoms with Gasteiger partial charge in [-0.15, -0.1) is 0 Å². The predicted octanol–water partition coefficient (Wildman–Crippen LogP) is -1.54.